The summed E-state index contributed by atoms with van der Waals surface area (Å²) in [5.41, 5.74) is 7.06. The molecule has 0 atom stereocenters. The second-order valence-electron chi connectivity index (χ2n) is 4.22. The average Bonchev–Trinajstić information content (AvgIpc) is 2.34. The summed E-state index contributed by atoms with van der Waals surface area (Å²) in [5.74, 6) is 1.12. The minimum absolute atomic E-state index is 0.0246. The van der Waals surface area contributed by atoms with Gasteiger partial charge in [0.15, 0.2) is 0 Å². The van der Waals surface area contributed by atoms with Gasteiger partial charge in [0, 0.05) is 36.6 Å². The number of nitrogens with two attached hydrogens (primary N) is 1. The molecule has 100 valence electrons. The first-order valence-electron chi connectivity index (χ1n) is 5.94. The van der Waals surface area contributed by atoms with Gasteiger partial charge in [0.25, 0.3) is 0 Å². The summed E-state index contributed by atoms with van der Waals surface area (Å²) in [6.07, 6.45) is 2.58. The normalized spacial score (nSPS) is 10.6. The van der Waals surface area contributed by atoms with Crippen LogP contribution in [0.2, 0.25) is 0 Å². The van der Waals surface area contributed by atoms with Crippen LogP contribution in [0.15, 0.2) is 24.3 Å². The summed E-state index contributed by atoms with van der Waals surface area (Å²) in [6.45, 7) is 1.78. The lowest BCUT2D eigenvalue weighted by molar-refractivity contribution is -0.116. The number of nitrogen functional groups attached to an aromatic ring is 1. The first-order chi connectivity index (χ1) is 8.61. The number of amides is 1. The topological polar surface area (TPSA) is 58.4 Å². The predicted molar refractivity (Wildman–Crippen MR) is 80.0 cm³/mol. The number of rotatable bonds is 7. The van der Waals surface area contributed by atoms with Gasteiger partial charge in [-0.1, -0.05) is 6.07 Å². The van der Waals surface area contributed by atoms with Crippen molar-refractivity contribution >= 4 is 29.0 Å². The van der Waals surface area contributed by atoms with Crippen molar-refractivity contribution in [1.82, 2.24) is 4.90 Å². The minimum Gasteiger partial charge on any atom is -0.399 e. The Morgan fingerprint density at radius 2 is 2.22 bits per heavy atom. The summed E-state index contributed by atoms with van der Waals surface area (Å²) >= 11 is 1.81. The van der Waals surface area contributed by atoms with Crippen LogP contribution in [0.4, 0.5) is 11.4 Å². The molecule has 0 saturated heterocycles. The van der Waals surface area contributed by atoms with Crippen molar-refractivity contribution in [2.45, 2.75) is 6.42 Å². The molecule has 0 spiro atoms. The van der Waals surface area contributed by atoms with Gasteiger partial charge in [0.1, 0.15) is 0 Å². The molecule has 0 aliphatic carbocycles. The zero-order valence-electron chi connectivity index (χ0n) is 11.0. The van der Waals surface area contributed by atoms with Crippen LogP contribution in [0.3, 0.4) is 0 Å². The fourth-order valence-corrected chi connectivity index (χ4v) is 1.99. The lowest BCUT2D eigenvalue weighted by Gasteiger charge is -2.15. The van der Waals surface area contributed by atoms with E-state index in [1.807, 2.05) is 30.9 Å². The van der Waals surface area contributed by atoms with E-state index in [1.54, 1.807) is 12.1 Å². The van der Waals surface area contributed by atoms with E-state index in [0.29, 0.717) is 12.1 Å². The average molecular weight is 267 g/mol. The third-order valence-electron chi connectivity index (χ3n) is 2.57. The molecule has 4 nitrogen and oxygen atoms in total. The highest BCUT2D eigenvalue weighted by molar-refractivity contribution is 7.98. The Morgan fingerprint density at radius 3 is 2.89 bits per heavy atom. The maximum Gasteiger partial charge on any atom is 0.225 e. The number of hydrogen-bond acceptors (Lipinski definition) is 4. The highest BCUT2D eigenvalue weighted by Gasteiger charge is 2.05. The standard InChI is InChI=1S/C13H21N3OS/c1-16(8-9-18-2)7-6-13(17)15-12-5-3-4-11(14)10-12/h3-5,10H,6-9,14H2,1-2H3,(H,15,17). The summed E-state index contributed by atoms with van der Waals surface area (Å²) in [6, 6.07) is 7.22. The van der Waals surface area contributed by atoms with Crippen LogP contribution in [0.5, 0.6) is 0 Å². The van der Waals surface area contributed by atoms with E-state index in [0.717, 1.165) is 24.5 Å². The van der Waals surface area contributed by atoms with Crippen molar-refractivity contribution in [3.63, 3.8) is 0 Å². The molecule has 0 aliphatic heterocycles. The van der Waals surface area contributed by atoms with Gasteiger partial charge in [-0.3, -0.25) is 4.79 Å². The molecule has 0 aromatic heterocycles. The van der Waals surface area contributed by atoms with Gasteiger partial charge in [-0.15, -0.1) is 0 Å². The molecule has 1 aromatic rings. The Kier molecular flexibility index (Phi) is 6.60. The highest BCUT2D eigenvalue weighted by Crippen LogP contribution is 2.11. The molecule has 3 N–H and O–H groups in total. The molecule has 0 bridgehead atoms. The van der Waals surface area contributed by atoms with Crippen molar-refractivity contribution in [1.29, 1.82) is 0 Å². The zero-order chi connectivity index (χ0) is 13.4. The van der Waals surface area contributed by atoms with E-state index < -0.39 is 0 Å². The van der Waals surface area contributed by atoms with Gasteiger partial charge in [0.05, 0.1) is 0 Å². The molecule has 0 saturated carbocycles. The van der Waals surface area contributed by atoms with E-state index in [-0.39, 0.29) is 5.91 Å². The van der Waals surface area contributed by atoms with E-state index >= 15 is 0 Å². The van der Waals surface area contributed by atoms with E-state index in [9.17, 15) is 4.79 Å². The highest BCUT2D eigenvalue weighted by atomic mass is 32.2. The van der Waals surface area contributed by atoms with E-state index in [4.69, 9.17) is 5.73 Å². The Labute approximate surface area is 113 Å². The molecular formula is C13H21N3OS. The van der Waals surface area contributed by atoms with Crippen molar-refractivity contribution in [2.24, 2.45) is 0 Å². The quantitative estimate of drug-likeness (QED) is 0.741. The van der Waals surface area contributed by atoms with Gasteiger partial charge in [-0.25, -0.2) is 0 Å². The van der Waals surface area contributed by atoms with Gasteiger partial charge < -0.3 is 16.0 Å². The molecule has 1 rings (SSSR count). The summed E-state index contributed by atoms with van der Waals surface area (Å²) in [5, 5.41) is 2.84. The molecule has 1 amide bonds. The number of anilines is 2. The van der Waals surface area contributed by atoms with Gasteiger partial charge in [-0.2, -0.15) is 11.8 Å². The monoisotopic (exact) mass is 267 g/mol. The second-order valence-corrected chi connectivity index (χ2v) is 5.21. The van der Waals surface area contributed by atoms with Crippen molar-refractivity contribution in [3.8, 4) is 0 Å². The molecular weight excluding hydrogens is 246 g/mol. The van der Waals surface area contributed by atoms with Crippen molar-refractivity contribution in [2.75, 3.05) is 43.2 Å². The molecule has 1 aromatic carbocycles. The first kappa shape index (κ1) is 14.9. The number of nitrogens with zero attached hydrogens (tertiary/aromatic N) is 1. The maximum atomic E-state index is 11.7. The minimum atomic E-state index is 0.0246. The maximum absolute atomic E-state index is 11.7. The van der Waals surface area contributed by atoms with Crippen LogP contribution < -0.4 is 11.1 Å². The molecule has 0 fully saturated rings. The molecule has 0 heterocycles. The first-order valence-corrected chi connectivity index (χ1v) is 7.34. The summed E-state index contributed by atoms with van der Waals surface area (Å²) < 4.78 is 0. The smallest absolute Gasteiger partial charge is 0.225 e. The lowest BCUT2D eigenvalue weighted by atomic mass is 10.2. The largest absolute Gasteiger partial charge is 0.399 e. The molecule has 0 radical (unpaired) electrons. The third kappa shape index (κ3) is 5.93. The number of benzene rings is 1. The van der Waals surface area contributed by atoms with Crippen LogP contribution in [-0.4, -0.2) is 43.0 Å². The van der Waals surface area contributed by atoms with Gasteiger partial charge >= 0.3 is 0 Å². The molecule has 5 heteroatoms. The number of hydrogen-bond donors (Lipinski definition) is 2. The van der Waals surface area contributed by atoms with Gasteiger partial charge in [-0.05, 0) is 31.5 Å². The molecule has 0 unspecified atom stereocenters. The second kappa shape index (κ2) is 8.00. The molecule has 0 aliphatic rings. The van der Waals surface area contributed by atoms with Gasteiger partial charge in [0.2, 0.25) is 5.91 Å². The van der Waals surface area contributed by atoms with Crippen LogP contribution in [-0.2, 0) is 4.79 Å². The number of nitrogens with one attached hydrogen (secondary N) is 1. The van der Waals surface area contributed by atoms with Crippen LogP contribution >= 0.6 is 11.8 Å². The number of carbonyl (C=O) groups is 1. The van der Waals surface area contributed by atoms with Crippen LogP contribution in [0.1, 0.15) is 6.42 Å². The lowest BCUT2D eigenvalue weighted by Crippen LogP contribution is -2.26. The number of thioether (sulfide) groups is 1. The Balaban J connectivity index is 2.29. The molecule has 18 heavy (non-hydrogen) atoms. The summed E-state index contributed by atoms with van der Waals surface area (Å²) in [7, 11) is 2.03. The third-order valence-corrected chi connectivity index (χ3v) is 3.16. The Hall–Kier alpha value is -1.20. The Bertz CT molecular complexity index is 384. The van der Waals surface area contributed by atoms with Crippen molar-refractivity contribution in [3.05, 3.63) is 24.3 Å². The van der Waals surface area contributed by atoms with Crippen LogP contribution in [0.25, 0.3) is 0 Å². The Morgan fingerprint density at radius 1 is 1.44 bits per heavy atom. The van der Waals surface area contributed by atoms with E-state index in [2.05, 4.69) is 16.5 Å². The fourth-order valence-electron chi connectivity index (χ4n) is 1.49. The fraction of sp³-hybridized carbons (Fsp3) is 0.462. The van der Waals surface area contributed by atoms with Crippen LogP contribution in [0, 0.1) is 0 Å². The number of carbonyl (C=O) groups excluding carboxylic acids is 1. The predicted octanol–water partition coefficient (Wildman–Crippen LogP) is 1.89. The zero-order valence-corrected chi connectivity index (χ0v) is 11.8. The SMILES string of the molecule is CSCCN(C)CCC(=O)Nc1cccc(N)c1. The van der Waals surface area contributed by atoms with Crippen molar-refractivity contribution < 1.29 is 4.79 Å². The van der Waals surface area contributed by atoms with E-state index in [1.165, 1.54) is 0 Å². The summed E-state index contributed by atoms with van der Waals surface area (Å²) in [4.78, 5) is 13.9.